The zero-order valence-electron chi connectivity index (χ0n) is 11.1. The van der Waals surface area contributed by atoms with Crippen LogP contribution in [-0.2, 0) is 9.59 Å². The van der Waals surface area contributed by atoms with Crippen molar-refractivity contribution in [2.75, 3.05) is 25.5 Å². The number of aromatic carboxylic acids is 1. The van der Waals surface area contributed by atoms with Gasteiger partial charge in [-0.1, -0.05) is 11.6 Å². The van der Waals surface area contributed by atoms with E-state index in [4.69, 9.17) is 27.2 Å². The van der Waals surface area contributed by atoms with Crippen LogP contribution in [0.3, 0.4) is 0 Å². The van der Waals surface area contributed by atoms with Crippen LogP contribution in [0, 0.1) is 0 Å². The lowest BCUT2D eigenvalue weighted by molar-refractivity contribution is -0.123. The molecule has 1 rings (SSSR count). The van der Waals surface area contributed by atoms with E-state index < -0.39 is 17.8 Å². The van der Waals surface area contributed by atoms with E-state index in [1.807, 2.05) is 0 Å². The number of ether oxygens (including phenoxy) is 1. The number of hydrogen-bond acceptors (Lipinski definition) is 5. The van der Waals surface area contributed by atoms with Crippen LogP contribution in [0.15, 0.2) is 12.1 Å². The average Bonchev–Trinajstić information content (AvgIpc) is 2.46. The normalized spacial score (nSPS) is 9.86. The van der Waals surface area contributed by atoms with Crippen molar-refractivity contribution < 1.29 is 24.2 Å². The molecule has 0 bridgehead atoms. The summed E-state index contributed by atoms with van der Waals surface area (Å²) in [5, 5.41) is 13.7. The third kappa shape index (κ3) is 4.62. The van der Waals surface area contributed by atoms with Gasteiger partial charge in [0.25, 0.3) is 0 Å². The summed E-state index contributed by atoms with van der Waals surface area (Å²) in [7, 11) is 1.29. The van der Waals surface area contributed by atoms with Gasteiger partial charge in [0.05, 0.1) is 30.9 Å². The second-order valence-electron chi connectivity index (χ2n) is 3.87. The Labute approximate surface area is 125 Å². The highest BCUT2D eigenvalue weighted by atomic mass is 35.5. The topological polar surface area (TPSA) is 131 Å². The third-order valence-corrected chi connectivity index (χ3v) is 2.74. The molecule has 0 aliphatic carbocycles. The van der Waals surface area contributed by atoms with Crippen molar-refractivity contribution in [1.82, 2.24) is 5.32 Å². The maximum atomic E-state index is 11.6. The third-order valence-electron chi connectivity index (χ3n) is 2.43. The van der Waals surface area contributed by atoms with Crippen LogP contribution in [0.5, 0.6) is 5.75 Å². The molecule has 0 saturated heterocycles. The number of carbonyl (C=O) groups is 3. The molecule has 0 unspecified atom stereocenters. The molecular weight excluding hydrogens is 302 g/mol. The Balaban J connectivity index is 2.86. The standard InChI is InChI=1S/C12H14ClN3O5/c1-21-9-3-8(7(13)2-6(9)12(19)20)16-11(18)5-15-10(17)4-14/h2-3H,4-5,14H2,1H3,(H,15,17)(H,16,18)(H,19,20). The van der Waals surface area contributed by atoms with E-state index >= 15 is 0 Å². The second-order valence-corrected chi connectivity index (χ2v) is 4.27. The van der Waals surface area contributed by atoms with Crippen LogP contribution >= 0.6 is 11.6 Å². The highest BCUT2D eigenvalue weighted by Gasteiger charge is 2.16. The molecule has 5 N–H and O–H groups in total. The molecule has 0 aliphatic heterocycles. The summed E-state index contributed by atoms with van der Waals surface area (Å²) < 4.78 is 4.92. The fraction of sp³-hybridized carbons (Fsp3) is 0.250. The number of carboxylic acids is 1. The first kappa shape index (κ1) is 16.7. The maximum Gasteiger partial charge on any atom is 0.339 e. The van der Waals surface area contributed by atoms with E-state index in [-0.39, 0.29) is 35.1 Å². The van der Waals surface area contributed by atoms with Crippen molar-refractivity contribution in [3.63, 3.8) is 0 Å². The molecule has 0 atom stereocenters. The zero-order valence-corrected chi connectivity index (χ0v) is 11.9. The van der Waals surface area contributed by atoms with Gasteiger partial charge in [-0.15, -0.1) is 0 Å². The first-order chi connectivity index (χ1) is 9.88. The van der Waals surface area contributed by atoms with Crippen molar-refractivity contribution in [3.8, 4) is 5.75 Å². The minimum atomic E-state index is -1.21. The number of halogens is 1. The summed E-state index contributed by atoms with van der Waals surface area (Å²) in [6, 6.07) is 2.45. The number of carbonyl (C=O) groups excluding carboxylic acids is 2. The number of hydrogen-bond donors (Lipinski definition) is 4. The van der Waals surface area contributed by atoms with Crippen LogP contribution in [0.4, 0.5) is 5.69 Å². The molecule has 0 radical (unpaired) electrons. The Morgan fingerprint density at radius 2 is 2.00 bits per heavy atom. The Bertz CT molecular complexity index is 576. The number of carboxylic acid groups (broad SMARTS) is 1. The van der Waals surface area contributed by atoms with Crippen molar-refractivity contribution in [2.24, 2.45) is 5.73 Å². The molecule has 1 aromatic rings. The van der Waals surface area contributed by atoms with E-state index in [0.717, 1.165) is 6.07 Å². The van der Waals surface area contributed by atoms with Gasteiger partial charge >= 0.3 is 5.97 Å². The Morgan fingerprint density at radius 3 is 2.52 bits per heavy atom. The average molecular weight is 316 g/mol. The zero-order chi connectivity index (χ0) is 16.0. The molecule has 1 aromatic carbocycles. The summed E-state index contributed by atoms with van der Waals surface area (Å²) in [6.45, 7) is -0.509. The monoisotopic (exact) mass is 315 g/mol. The van der Waals surface area contributed by atoms with E-state index in [9.17, 15) is 14.4 Å². The van der Waals surface area contributed by atoms with Crippen LogP contribution in [0.25, 0.3) is 0 Å². The Kier molecular flexibility index (Phi) is 5.94. The number of rotatable bonds is 6. The fourth-order valence-corrected chi connectivity index (χ4v) is 1.64. The molecule has 21 heavy (non-hydrogen) atoms. The van der Waals surface area contributed by atoms with Crippen LogP contribution in [0.2, 0.25) is 5.02 Å². The number of benzene rings is 1. The number of methoxy groups -OCH3 is 1. The maximum absolute atomic E-state index is 11.6. The van der Waals surface area contributed by atoms with Gasteiger partial charge < -0.3 is 26.2 Å². The van der Waals surface area contributed by atoms with Gasteiger partial charge in [0.2, 0.25) is 11.8 Å². The van der Waals surface area contributed by atoms with Gasteiger partial charge in [0.1, 0.15) is 11.3 Å². The molecular formula is C12H14ClN3O5. The quantitative estimate of drug-likeness (QED) is 0.587. The minimum absolute atomic E-state index is 0.0340. The molecule has 0 aromatic heterocycles. The molecule has 0 heterocycles. The van der Waals surface area contributed by atoms with Crippen molar-refractivity contribution in [1.29, 1.82) is 0 Å². The van der Waals surface area contributed by atoms with E-state index in [1.54, 1.807) is 0 Å². The SMILES string of the molecule is COc1cc(NC(=O)CNC(=O)CN)c(Cl)cc1C(=O)O. The highest BCUT2D eigenvalue weighted by molar-refractivity contribution is 6.34. The van der Waals surface area contributed by atoms with Crippen molar-refractivity contribution in [2.45, 2.75) is 0 Å². The lowest BCUT2D eigenvalue weighted by Gasteiger charge is -2.11. The van der Waals surface area contributed by atoms with Crippen LogP contribution in [0.1, 0.15) is 10.4 Å². The molecule has 9 heteroatoms. The van der Waals surface area contributed by atoms with Crippen LogP contribution < -0.4 is 21.1 Å². The van der Waals surface area contributed by atoms with Gasteiger partial charge in [-0.3, -0.25) is 9.59 Å². The summed E-state index contributed by atoms with van der Waals surface area (Å²) in [5.41, 5.74) is 5.12. The van der Waals surface area contributed by atoms with E-state index in [2.05, 4.69) is 10.6 Å². The van der Waals surface area contributed by atoms with Gasteiger partial charge in [0, 0.05) is 6.07 Å². The summed E-state index contributed by atoms with van der Waals surface area (Å²) in [5.74, 6) is -2.17. The highest BCUT2D eigenvalue weighted by Crippen LogP contribution is 2.30. The Morgan fingerprint density at radius 1 is 1.33 bits per heavy atom. The van der Waals surface area contributed by atoms with Crippen LogP contribution in [-0.4, -0.2) is 43.1 Å². The fourth-order valence-electron chi connectivity index (χ4n) is 1.43. The predicted molar refractivity (Wildman–Crippen MR) is 75.7 cm³/mol. The lowest BCUT2D eigenvalue weighted by Crippen LogP contribution is -2.36. The number of amides is 2. The molecule has 2 amide bonds. The molecule has 8 nitrogen and oxygen atoms in total. The number of nitrogens with two attached hydrogens (primary N) is 1. The summed E-state index contributed by atoms with van der Waals surface area (Å²) in [4.78, 5) is 33.5. The smallest absolute Gasteiger partial charge is 0.339 e. The molecule has 0 aliphatic rings. The van der Waals surface area contributed by atoms with Gasteiger partial charge in [-0.2, -0.15) is 0 Å². The van der Waals surface area contributed by atoms with E-state index in [1.165, 1.54) is 13.2 Å². The lowest BCUT2D eigenvalue weighted by atomic mass is 10.1. The molecule has 114 valence electrons. The van der Waals surface area contributed by atoms with E-state index in [0.29, 0.717) is 0 Å². The second kappa shape index (κ2) is 7.46. The molecule has 0 saturated carbocycles. The summed E-state index contributed by atoms with van der Waals surface area (Å²) in [6.07, 6.45) is 0. The first-order valence-electron chi connectivity index (χ1n) is 5.76. The predicted octanol–water partition coefficient (Wildman–Crippen LogP) is 0.0602. The largest absolute Gasteiger partial charge is 0.496 e. The number of anilines is 1. The van der Waals surface area contributed by atoms with Gasteiger partial charge in [-0.05, 0) is 6.07 Å². The van der Waals surface area contributed by atoms with Crippen molar-refractivity contribution >= 4 is 35.1 Å². The van der Waals surface area contributed by atoms with Crippen molar-refractivity contribution in [3.05, 3.63) is 22.7 Å². The minimum Gasteiger partial charge on any atom is -0.496 e. The molecule has 0 fully saturated rings. The Hall–Kier alpha value is -2.32. The van der Waals surface area contributed by atoms with Gasteiger partial charge in [-0.25, -0.2) is 4.79 Å². The molecule has 0 spiro atoms. The number of nitrogens with one attached hydrogen (secondary N) is 2. The first-order valence-corrected chi connectivity index (χ1v) is 6.14. The van der Waals surface area contributed by atoms with Gasteiger partial charge in [0.15, 0.2) is 0 Å². The summed E-state index contributed by atoms with van der Waals surface area (Å²) >= 11 is 5.90.